The molecule has 0 radical (unpaired) electrons. The molecule has 1 aromatic heterocycles. The Labute approximate surface area is 131 Å². The lowest BCUT2D eigenvalue weighted by Crippen LogP contribution is -2.68. The molecule has 0 aliphatic carbocycles. The maximum atomic E-state index is 11.9. The standard InChI is InChI=1S/C14H15N3O4S/c15-10-12(19)17-11(14(20)21)9(7-22-13(10)17)5-16-3-1-2-8(4-16)6-18/h1-4,10,13,18H,5-7,15H2/p+1/t10?,13-/m0/s1. The lowest BCUT2D eigenvalue weighted by atomic mass is 10.0. The molecule has 4 N–H and O–H groups in total. The van der Waals surface area contributed by atoms with Crippen LogP contribution >= 0.6 is 11.8 Å². The molecule has 0 spiro atoms. The Bertz CT molecular complexity index is 676. The van der Waals surface area contributed by atoms with Crippen LogP contribution in [0, 0.1) is 0 Å². The fourth-order valence-corrected chi connectivity index (χ4v) is 3.97. The van der Waals surface area contributed by atoms with E-state index in [1.165, 1.54) is 16.7 Å². The van der Waals surface area contributed by atoms with E-state index in [2.05, 4.69) is 0 Å². The predicted octanol–water partition coefficient (Wildman–Crippen LogP) is -0.952. The molecular formula is C14H16N3O4S+. The van der Waals surface area contributed by atoms with Crippen molar-refractivity contribution in [3.63, 3.8) is 0 Å². The summed E-state index contributed by atoms with van der Waals surface area (Å²) in [5, 5.41) is 18.3. The SMILES string of the molecule is NC1C(=O)N2C(C(=O)O)=C(C[n+]3cccc(CO)c3)CS[C@@H]12. The number of carboxylic acid groups (broad SMARTS) is 1. The van der Waals surface area contributed by atoms with Crippen LogP contribution in [0.1, 0.15) is 5.56 Å². The van der Waals surface area contributed by atoms with Gasteiger partial charge in [-0.2, -0.15) is 0 Å². The number of fused-ring (bicyclic) bond motifs is 1. The molecule has 0 saturated carbocycles. The summed E-state index contributed by atoms with van der Waals surface area (Å²) in [6, 6.07) is 2.95. The molecule has 22 heavy (non-hydrogen) atoms. The number of hydrogen-bond acceptors (Lipinski definition) is 5. The molecule has 3 rings (SSSR count). The molecule has 116 valence electrons. The molecular weight excluding hydrogens is 306 g/mol. The van der Waals surface area contributed by atoms with Crippen LogP contribution in [0.2, 0.25) is 0 Å². The van der Waals surface area contributed by atoms with Crippen LogP contribution in [-0.4, -0.2) is 44.2 Å². The van der Waals surface area contributed by atoms with E-state index < -0.39 is 12.0 Å². The highest BCUT2D eigenvalue weighted by molar-refractivity contribution is 8.00. The van der Waals surface area contributed by atoms with Crippen LogP contribution in [0.3, 0.4) is 0 Å². The number of aliphatic hydroxyl groups is 1. The van der Waals surface area contributed by atoms with Gasteiger partial charge in [-0.05, 0) is 6.07 Å². The molecule has 1 unspecified atom stereocenters. The van der Waals surface area contributed by atoms with Gasteiger partial charge in [0.05, 0.1) is 6.61 Å². The van der Waals surface area contributed by atoms with Gasteiger partial charge in [-0.15, -0.1) is 11.8 Å². The second kappa shape index (κ2) is 5.71. The topological polar surface area (TPSA) is 108 Å². The molecule has 2 aliphatic heterocycles. The van der Waals surface area contributed by atoms with Gasteiger partial charge in [0, 0.05) is 23.0 Å². The first-order valence-corrected chi connectivity index (χ1v) is 7.82. The minimum atomic E-state index is -1.11. The number of aliphatic hydroxyl groups excluding tert-OH is 1. The number of β-lactam (4-membered cyclic amide) rings is 1. The number of thioether (sulfide) groups is 1. The fourth-order valence-electron chi connectivity index (χ4n) is 2.69. The van der Waals surface area contributed by atoms with E-state index in [4.69, 9.17) is 10.8 Å². The summed E-state index contributed by atoms with van der Waals surface area (Å²) in [5.74, 6) is -0.944. The lowest BCUT2D eigenvalue weighted by molar-refractivity contribution is -0.689. The Morgan fingerprint density at radius 1 is 1.55 bits per heavy atom. The largest absolute Gasteiger partial charge is 0.477 e. The summed E-state index contributed by atoms with van der Waals surface area (Å²) in [7, 11) is 0. The maximum Gasteiger partial charge on any atom is 0.352 e. The van der Waals surface area contributed by atoms with Crippen molar-refractivity contribution < 1.29 is 24.4 Å². The molecule has 3 heterocycles. The second-order valence-electron chi connectivity index (χ2n) is 5.24. The van der Waals surface area contributed by atoms with Crippen LogP contribution in [0.4, 0.5) is 0 Å². The molecule has 1 fully saturated rings. The number of rotatable bonds is 4. The highest BCUT2D eigenvalue weighted by Crippen LogP contribution is 2.39. The van der Waals surface area contributed by atoms with Crippen LogP contribution in [0.25, 0.3) is 0 Å². The highest BCUT2D eigenvalue weighted by atomic mass is 32.2. The average Bonchev–Trinajstić information content (AvgIpc) is 2.53. The Morgan fingerprint density at radius 2 is 2.32 bits per heavy atom. The minimum Gasteiger partial charge on any atom is -0.477 e. The molecule has 2 atom stereocenters. The summed E-state index contributed by atoms with van der Waals surface area (Å²) in [6.07, 6.45) is 3.55. The van der Waals surface area contributed by atoms with Crippen LogP contribution < -0.4 is 10.3 Å². The van der Waals surface area contributed by atoms with Gasteiger partial charge in [0.1, 0.15) is 17.1 Å². The Hall–Kier alpha value is -1.90. The second-order valence-corrected chi connectivity index (χ2v) is 6.34. The summed E-state index contributed by atoms with van der Waals surface area (Å²) < 4.78 is 1.80. The van der Waals surface area contributed by atoms with Gasteiger partial charge in [0.15, 0.2) is 18.9 Å². The zero-order valence-electron chi connectivity index (χ0n) is 11.7. The summed E-state index contributed by atoms with van der Waals surface area (Å²) in [5.41, 5.74) is 7.15. The van der Waals surface area contributed by atoms with Crippen molar-refractivity contribution in [3.05, 3.63) is 41.4 Å². The van der Waals surface area contributed by atoms with Gasteiger partial charge >= 0.3 is 5.97 Å². The molecule has 1 aromatic rings. The van der Waals surface area contributed by atoms with E-state index in [0.717, 1.165) is 5.56 Å². The first-order valence-electron chi connectivity index (χ1n) is 6.77. The minimum absolute atomic E-state index is 0.0392. The average molecular weight is 322 g/mol. The first kappa shape index (κ1) is 15.0. The smallest absolute Gasteiger partial charge is 0.352 e. The number of carboxylic acids is 1. The molecule has 8 heteroatoms. The van der Waals surface area contributed by atoms with Crippen LogP contribution in [-0.2, 0) is 22.7 Å². The van der Waals surface area contributed by atoms with Crippen molar-refractivity contribution >= 4 is 23.6 Å². The number of aliphatic carboxylic acids is 1. The third kappa shape index (κ3) is 2.39. The Balaban J connectivity index is 1.93. The van der Waals surface area contributed by atoms with E-state index in [1.807, 2.05) is 0 Å². The van der Waals surface area contributed by atoms with Crippen molar-refractivity contribution in [1.82, 2.24) is 4.90 Å². The van der Waals surface area contributed by atoms with E-state index >= 15 is 0 Å². The quantitative estimate of drug-likeness (QED) is 0.487. The van der Waals surface area contributed by atoms with E-state index in [-0.39, 0.29) is 23.6 Å². The summed E-state index contributed by atoms with van der Waals surface area (Å²) >= 11 is 1.48. The zero-order chi connectivity index (χ0) is 15.9. The summed E-state index contributed by atoms with van der Waals surface area (Å²) in [6.45, 7) is 0.274. The van der Waals surface area contributed by atoms with Crippen molar-refractivity contribution in [2.24, 2.45) is 5.73 Å². The predicted molar refractivity (Wildman–Crippen MR) is 78.3 cm³/mol. The monoisotopic (exact) mass is 322 g/mol. The zero-order valence-corrected chi connectivity index (χ0v) is 12.5. The number of nitrogens with zero attached hydrogens (tertiary/aromatic N) is 2. The van der Waals surface area contributed by atoms with E-state index in [0.29, 0.717) is 17.9 Å². The molecule has 2 aliphatic rings. The normalized spacial score (nSPS) is 24.1. The first-order chi connectivity index (χ1) is 10.5. The van der Waals surface area contributed by atoms with Crippen LogP contribution in [0.5, 0.6) is 0 Å². The third-order valence-corrected chi connectivity index (χ3v) is 5.13. The van der Waals surface area contributed by atoms with Crippen molar-refractivity contribution in [3.8, 4) is 0 Å². The fraction of sp³-hybridized carbons (Fsp3) is 0.357. The van der Waals surface area contributed by atoms with Gasteiger partial charge in [-0.3, -0.25) is 9.69 Å². The van der Waals surface area contributed by atoms with Crippen molar-refractivity contribution in [1.29, 1.82) is 0 Å². The van der Waals surface area contributed by atoms with Crippen LogP contribution in [0.15, 0.2) is 35.8 Å². The van der Waals surface area contributed by atoms with Crippen molar-refractivity contribution in [2.75, 3.05) is 5.75 Å². The number of hydrogen-bond donors (Lipinski definition) is 3. The van der Waals surface area contributed by atoms with E-state index in [1.54, 1.807) is 29.1 Å². The Morgan fingerprint density at radius 3 is 3.00 bits per heavy atom. The number of nitrogens with two attached hydrogens (primary N) is 1. The van der Waals surface area contributed by atoms with Crippen molar-refractivity contribution in [2.45, 2.75) is 24.6 Å². The van der Waals surface area contributed by atoms with Gasteiger partial charge in [-0.25, -0.2) is 9.36 Å². The third-order valence-electron chi connectivity index (χ3n) is 3.77. The van der Waals surface area contributed by atoms with Gasteiger partial charge in [0.2, 0.25) is 5.91 Å². The Kier molecular flexibility index (Phi) is 3.90. The van der Waals surface area contributed by atoms with Gasteiger partial charge in [0.25, 0.3) is 0 Å². The van der Waals surface area contributed by atoms with E-state index in [9.17, 15) is 14.7 Å². The molecule has 0 bridgehead atoms. The number of pyridine rings is 1. The maximum absolute atomic E-state index is 11.9. The van der Waals surface area contributed by atoms with Gasteiger partial charge < -0.3 is 15.9 Å². The molecule has 1 saturated heterocycles. The highest BCUT2D eigenvalue weighted by Gasteiger charge is 2.52. The van der Waals surface area contributed by atoms with Gasteiger partial charge in [-0.1, -0.05) is 0 Å². The summed E-state index contributed by atoms with van der Waals surface area (Å²) in [4.78, 5) is 24.7. The molecule has 0 aromatic carbocycles. The number of carbonyl (C=O) groups is 2. The number of aromatic nitrogens is 1. The number of carbonyl (C=O) groups excluding carboxylic acids is 1. The lowest BCUT2D eigenvalue weighted by Gasteiger charge is -2.47. The number of amides is 1. The molecule has 7 nitrogen and oxygen atoms in total. The molecule has 1 amide bonds.